The Labute approximate surface area is 141 Å². The average molecular weight is 405 g/mol. The summed E-state index contributed by atoms with van der Waals surface area (Å²) in [7, 11) is -3.90. The summed E-state index contributed by atoms with van der Waals surface area (Å²) in [6.45, 7) is 1.84. The molecule has 0 heterocycles. The third kappa shape index (κ3) is 3.60. The van der Waals surface area contributed by atoms with Gasteiger partial charge in [-0.3, -0.25) is 4.72 Å². The Hall–Kier alpha value is -1.57. The molecular weight excluding hydrogens is 394 g/mol. The van der Waals surface area contributed by atoms with Gasteiger partial charge in [0.2, 0.25) is 0 Å². The van der Waals surface area contributed by atoms with E-state index in [-0.39, 0.29) is 25.6 Å². The van der Waals surface area contributed by atoms with Gasteiger partial charge in [0.15, 0.2) is 0 Å². The van der Waals surface area contributed by atoms with E-state index in [1.165, 1.54) is 18.2 Å². The van der Waals surface area contributed by atoms with Gasteiger partial charge in [-0.2, -0.15) is 0 Å². The second kappa shape index (κ2) is 6.28. The molecule has 0 amide bonds. The monoisotopic (exact) mass is 403 g/mol. The summed E-state index contributed by atoms with van der Waals surface area (Å²) in [5.41, 5.74) is 1.14. The lowest BCUT2D eigenvalue weighted by atomic mass is 10.2. The summed E-state index contributed by atoms with van der Waals surface area (Å²) in [4.78, 5) is 10.8. The van der Waals surface area contributed by atoms with Crippen molar-refractivity contribution in [3.05, 3.63) is 57.0 Å². The number of nitrogens with one attached hydrogen (secondary N) is 1. The Bertz CT molecular complexity index is 852. The molecule has 0 aliphatic heterocycles. The Morgan fingerprint density at radius 3 is 2.45 bits per heavy atom. The van der Waals surface area contributed by atoms with Gasteiger partial charge in [-0.1, -0.05) is 17.7 Å². The van der Waals surface area contributed by atoms with Crippen molar-refractivity contribution >= 4 is 49.2 Å². The van der Waals surface area contributed by atoms with Crippen LogP contribution in [0.5, 0.6) is 0 Å². The lowest BCUT2D eigenvalue weighted by Gasteiger charge is -2.11. The zero-order valence-electron chi connectivity index (χ0n) is 11.3. The third-order valence-electron chi connectivity index (χ3n) is 2.84. The molecule has 0 aliphatic carbocycles. The van der Waals surface area contributed by atoms with E-state index in [1.54, 1.807) is 18.2 Å². The number of aromatic carboxylic acids is 1. The molecule has 0 saturated carbocycles. The quantitative estimate of drug-likeness (QED) is 0.809. The minimum atomic E-state index is -3.90. The summed E-state index contributed by atoms with van der Waals surface area (Å²) < 4.78 is 27.3. The van der Waals surface area contributed by atoms with E-state index in [2.05, 4.69) is 20.7 Å². The van der Waals surface area contributed by atoms with Crippen LogP contribution in [0.1, 0.15) is 15.9 Å². The highest BCUT2D eigenvalue weighted by atomic mass is 79.9. The maximum absolute atomic E-state index is 12.4. The van der Waals surface area contributed by atoms with Gasteiger partial charge in [-0.15, -0.1) is 0 Å². The summed E-state index contributed by atoms with van der Waals surface area (Å²) >= 11 is 9.09. The number of anilines is 1. The molecule has 2 aromatic rings. The van der Waals surface area contributed by atoms with Gasteiger partial charge in [0.1, 0.15) is 4.90 Å². The van der Waals surface area contributed by atoms with Gasteiger partial charge in [0, 0.05) is 4.47 Å². The number of carboxylic acid groups (broad SMARTS) is 1. The van der Waals surface area contributed by atoms with Crippen LogP contribution in [0.3, 0.4) is 0 Å². The lowest BCUT2D eigenvalue weighted by molar-refractivity contribution is 0.0696. The summed E-state index contributed by atoms with van der Waals surface area (Å²) in [6, 6.07) is 8.60. The number of benzene rings is 2. The van der Waals surface area contributed by atoms with Gasteiger partial charge in [0.05, 0.1) is 16.3 Å². The number of hydrogen-bond donors (Lipinski definition) is 2. The molecule has 8 heteroatoms. The highest BCUT2D eigenvalue weighted by molar-refractivity contribution is 9.10. The lowest BCUT2D eigenvalue weighted by Crippen LogP contribution is -2.14. The van der Waals surface area contributed by atoms with Gasteiger partial charge in [-0.25, -0.2) is 13.2 Å². The minimum Gasteiger partial charge on any atom is -0.478 e. The molecule has 0 unspecified atom stereocenters. The van der Waals surface area contributed by atoms with Crippen LogP contribution in [0.15, 0.2) is 45.8 Å². The first-order valence-electron chi connectivity index (χ1n) is 6.02. The predicted octanol–water partition coefficient (Wildman–Crippen LogP) is 3.91. The van der Waals surface area contributed by atoms with Gasteiger partial charge in [-0.05, 0) is 58.7 Å². The molecule has 0 aromatic heterocycles. The Morgan fingerprint density at radius 2 is 1.91 bits per heavy atom. The summed E-state index contributed by atoms with van der Waals surface area (Å²) in [5, 5.41) is 9.18. The number of sulfonamides is 1. The fourth-order valence-electron chi connectivity index (χ4n) is 1.75. The van der Waals surface area contributed by atoms with E-state index in [0.717, 1.165) is 5.56 Å². The maximum Gasteiger partial charge on any atom is 0.335 e. The first-order valence-corrected chi connectivity index (χ1v) is 8.68. The number of carbonyl (C=O) groups is 1. The minimum absolute atomic E-state index is 0.0146. The molecule has 116 valence electrons. The van der Waals surface area contributed by atoms with Crippen LogP contribution in [-0.2, 0) is 10.0 Å². The van der Waals surface area contributed by atoms with Gasteiger partial charge >= 0.3 is 5.97 Å². The van der Waals surface area contributed by atoms with Crippen molar-refractivity contribution in [2.75, 3.05) is 4.72 Å². The molecule has 2 rings (SSSR count). The molecule has 0 spiro atoms. The van der Waals surface area contributed by atoms with Gasteiger partial charge < -0.3 is 5.11 Å². The van der Waals surface area contributed by atoms with E-state index in [0.29, 0.717) is 0 Å². The maximum atomic E-state index is 12.4. The van der Waals surface area contributed by atoms with E-state index in [4.69, 9.17) is 16.7 Å². The van der Waals surface area contributed by atoms with Crippen molar-refractivity contribution in [1.29, 1.82) is 0 Å². The molecule has 2 aromatic carbocycles. The second-order valence-electron chi connectivity index (χ2n) is 4.54. The fourth-order valence-corrected chi connectivity index (χ4v) is 4.25. The van der Waals surface area contributed by atoms with Crippen molar-refractivity contribution in [3.8, 4) is 0 Å². The predicted molar refractivity (Wildman–Crippen MR) is 88.1 cm³/mol. The number of rotatable bonds is 4. The Morgan fingerprint density at radius 1 is 1.23 bits per heavy atom. The molecule has 0 atom stereocenters. The van der Waals surface area contributed by atoms with E-state index in [9.17, 15) is 13.2 Å². The van der Waals surface area contributed by atoms with Crippen LogP contribution in [-0.4, -0.2) is 19.5 Å². The zero-order chi connectivity index (χ0) is 16.5. The number of hydrogen-bond acceptors (Lipinski definition) is 3. The largest absolute Gasteiger partial charge is 0.478 e. The smallest absolute Gasteiger partial charge is 0.335 e. The molecule has 0 fully saturated rings. The third-order valence-corrected chi connectivity index (χ3v) is 5.49. The number of carboxylic acids is 1. The van der Waals surface area contributed by atoms with Crippen LogP contribution in [0.4, 0.5) is 5.69 Å². The van der Waals surface area contributed by atoms with Crippen LogP contribution in [0.2, 0.25) is 5.02 Å². The van der Waals surface area contributed by atoms with E-state index >= 15 is 0 Å². The van der Waals surface area contributed by atoms with Crippen LogP contribution in [0.25, 0.3) is 0 Å². The van der Waals surface area contributed by atoms with Crippen molar-refractivity contribution in [3.63, 3.8) is 0 Å². The Balaban J connectivity index is 2.40. The zero-order valence-corrected chi connectivity index (χ0v) is 14.5. The van der Waals surface area contributed by atoms with Crippen LogP contribution < -0.4 is 4.72 Å². The highest BCUT2D eigenvalue weighted by Gasteiger charge is 2.20. The average Bonchev–Trinajstić information content (AvgIpc) is 2.41. The van der Waals surface area contributed by atoms with Crippen LogP contribution in [0, 0.1) is 6.92 Å². The van der Waals surface area contributed by atoms with Crippen LogP contribution >= 0.6 is 27.5 Å². The van der Waals surface area contributed by atoms with Crippen molar-refractivity contribution in [1.82, 2.24) is 0 Å². The summed E-state index contributed by atoms with van der Waals surface area (Å²) in [6.07, 6.45) is 0. The topological polar surface area (TPSA) is 83.5 Å². The SMILES string of the molecule is Cc1ccc(NS(=O)(=O)c2ccc(C(=O)O)cc2Br)c(Cl)c1. The van der Waals surface area contributed by atoms with Crippen molar-refractivity contribution in [2.45, 2.75) is 11.8 Å². The molecule has 2 N–H and O–H groups in total. The second-order valence-corrected chi connectivity index (χ2v) is 7.45. The van der Waals surface area contributed by atoms with Crippen molar-refractivity contribution < 1.29 is 18.3 Å². The molecule has 0 aliphatic rings. The first-order chi connectivity index (χ1) is 10.2. The molecule has 0 bridgehead atoms. The molecule has 22 heavy (non-hydrogen) atoms. The normalized spacial score (nSPS) is 11.2. The Kier molecular flexibility index (Phi) is 4.79. The number of aryl methyl sites for hydroxylation is 1. The van der Waals surface area contributed by atoms with E-state index in [1.807, 2.05) is 6.92 Å². The molecule has 0 saturated heterocycles. The van der Waals surface area contributed by atoms with Gasteiger partial charge in [0.25, 0.3) is 10.0 Å². The first kappa shape index (κ1) is 16.8. The number of halogens is 2. The summed E-state index contributed by atoms with van der Waals surface area (Å²) in [5.74, 6) is -1.14. The standard InChI is InChI=1S/C14H11BrClNO4S/c1-8-2-4-12(11(16)6-8)17-22(20,21)13-5-3-9(14(18)19)7-10(13)15/h2-7,17H,1H3,(H,18,19). The fraction of sp³-hybridized carbons (Fsp3) is 0.0714. The molecule has 5 nitrogen and oxygen atoms in total. The van der Waals surface area contributed by atoms with Crippen molar-refractivity contribution in [2.24, 2.45) is 0 Å². The van der Waals surface area contributed by atoms with E-state index < -0.39 is 16.0 Å². The highest BCUT2D eigenvalue weighted by Crippen LogP contribution is 2.29. The molecular formula is C14H11BrClNO4S. The molecule has 0 radical (unpaired) electrons.